The van der Waals surface area contributed by atoms with Crippen LogP contribution in [0.3, 0.4) is 0 Å². The first-order valence-electron chi connectivity index (χ1n) is 10.2. The highest BCUT2D eigenvalue weighted by atomic mass is 16.3. The number of rotatable bonds is 5. The summed E-state index contributed by atoms with van der Waals surface area (Å²) >= 11 is 0. The molecule has 0 unspecified atom stereocenters. The maximum absolute atomic E-state index is 12.4. The molecular weight excluding hydrogens is 380 g/mol. The number of benzene rings is 2. The maximum atomic E-state index is 12.4. The van der Waals surface area contributed by atoms with Crippen LogP contribution in [0.15, 0.2) is 52.9 Å². The van der Waals surface area contributed by atoms with Crippen molar-refractivity contribution in [3.63, 3.8) is 0 Å². The molecule has 0 atom stereocenters. The smallest absolute Gasteiger partial charge is 0.253 e. The Bertz CT molecular complexity index is 1000. The summed E-state index contributed by atoms with van der Waals surface area (Å²) in [5.41, 5.74) is 3.01. The molecule has 4 rings (SSSR count). The molecule has 0 radical (unpaired) electrons. The van der Waals surface area contributed by atoms with Crippen LogP contribution < -0.4 is 5.32 Å². The van der Waals surface area contributed by atoms with E-state index in [2.05, 4.69) is 15.2 Å². The molecule has 0 bridgehead atoms. The summed E-state index contributed by atoms with van der Waals surface area (Å²) in [6, 6.07) is 14.8. The number of nitrogens with zero attached hydrogens (tertiary/aromatic N) is 3. The van der Waals surface area contributed by atoms with Crippen molar-refractivity contribution in [1.29, 1.82) is 0 Å². The number of amides is 2. The number of para-hydroxylation sites is 2. The normalized spacial score (nSPS) is 15.3. The Morgan fingerprint density at radius 1 is 1.10 bits per heavy atom. The number of piperidine rings is 1. The lowest BCUT2D eigenvalue weighted by atomic mass is 9.97. The first kappa shape index (κ1) is 20.1. The number of oxazole rings is 1. The minimum Gasteiger partial charge on any atom is -0.440 e. The summed E-state index contributed by atoms with van der Waals surface area (Å²) in [7, 11) is 3.43. The largest absolute Gasteiger partial charge is 0.440 e. The predicted octanol–water partition coefficient (Wildman–Crippen LogP) is 3.35. The first-order chi connectivity index (χ1) is 14.5. The standard InChI is InChI=1S/C23H26N4O3/c1-26(2)23(29)17-7-9-18(10-8-17)24-21(28)15-27-13-11-16(12-14-27)22-25-19-5-3-4-6-20(19)30-22/h3-10,16H,11-15H2,1-2H3,(H,24,28). The molecule has 156 valence electrons. The zero-order valence-electron chi connectivity index (χ0n) is 17.3. The minimum absolute atomic E-state index is 0.0537. The Morgan fingerprint density at radius 2 is 1.80 bits per heavy atom. The number of hydrogen-bond donors (Lipinski definition) is 1. The molecule has 1 N–H and O–H groups in total. The number of fused-ring (bicyclic) bond motifs is 1. The van der Waals surface area contributed by atoms with Crippen LogP contribution in [-0.4, -0.2) is 60.3 Å². The Balaban J connectivity index is 1.27. The highest BCUT2D eigenvalue weighted by Gasteiger charge is 2.25. The van der Waals surface area contributed by atoms with Crippen molar-refractivity contribution < 1.29 is 14.0 Å². The number of likely N-dealkylation sites (tertiary alicyclic amines) is 1. The Labute approximate surface area is 175 Å². The van der Waals surface area contributed by atoms with E-state index in [1.165, 1.54) is 4.90 Å². The number of nitrogens with one attached hydrogen (secondary N) is 1. The van der Waals surface area contributed by atoms with Crippen molar-refractivity contribution in [1.82, 2.24) is 14.8 Å². The summed E-state index contributed by atoms with van der Waals surface area (Å²) in [5.74, 6) is 0.975. The van der Waals surface area contributed by atoms with Crippen molar-refractivity contribution >= 4 is 28.6 Å². The zero-order valence-corrected chi connectivity index (χ0v) is 17.3. The van der Waals surface area contributed by atoms with Crippen molar-refractivity contribution in [3.05, 3.63) is 60.0 Å². The van der Waals surface area contributed by atoms with E-state index in [4.69, 9.17) is 4.42 Å². The predicted molar refractivity (Wildman–Crippen MR) is 116 cm³/mol. The lowest BCUT2D eigenvalue weighted by Crippen LogP contribution is -2.38. The molecule has 7 nitrogen and oxygen atoms in total. The fourth-order valence-electron chi connectivity index (χ4n) is 3.76. The Hall–Kier alpha value is -3.19. The van der Waals surface area contributed by atoms with Gasteiger partial charge in [-0.1, -0.05) is 12.1 Å². The van der Waals surface area contributed by atoms with Gasteiger partial charge in [-0.05, 0) is 62.3 Å². The number of hydrogen-bond acceptors (Lipinski definition) is 5. The van der Waals surface area contributed by atoms with Gasteiger partial charge >= 0.3 is 0 Å². The average Bonchev–Trinajstić information content (AvgIpc) is 3.18. The van der Waals surface area contributed by atoms with Gasteiger partial charge in [0.05, 0.1) is 6.54 Å². The monoisotopic (exact) mass is 406 g/mol. The summed E-state index contributed by atoms with van der Waals surface area (Å²) in [6.45, 7) is 2.00. The second kappa shape index (κ2) is 8.67. The van der Waals surface area contributed by atoms with Gasteiger partial charge in [0.2, 0.25) is 5.91 Å². The van der Waals surface area contributed by atoms with Gasteiger partial charge in [0.15, 0.2) is 11.5 Å². The number of carbonyl (C=O) groups excluding carboxylic acids is 2. The van der Waals surface area contributed by atoms with E-state index in [1.54, 1.807) is 38.4 Å². The lowest BCUT2D eigenvalue weighted by Gasteiger charge is -2.29. The van der Waals surface area contributed by atoms with Gasteiger partial charge < -0.3 is 14.6 Å². The van der Waals surface area contributed by atoms with Crippen molar-refractivity contribution in [2.45, 2.75) is 18.8 Å². The quantitative estimate of drug-likeness (QED) is 0.703. The van der Waals surface area contributed by atoms with Gasteiger partial charge in [-0.25, -0.2) is 4.98 Å². The van der Waals surface area contributed by atoms with Crippen LogP contribution in [0.2, 0.25) is 0 Å². The van der Waals surface area contributed by atoms with Gasteiger partial charge in [-0.15, -0.1) is 0 Å². The number of anilines is 1. The summed E-state index contributed by atoms with van der Waals surface area (Å²) < 4.78 is 5.91. The SMILES string of the molecule is CN(C)C(=O)c1ccc(NC(=O)CN2CCC(c3nc4ccccc4o3)CC2)cc1. The molecule has 1 aliphatic rings. The van der Waals surface area contributed by atoms with Gasteiger partial charge in [0, 0.05) is 31.3 Å². The van der Waals surface area contributed by atoms with Crippen molar-refractivity contribution in [2.75, 3.05) is 39.0 Å². The molecule has 1 fully saturated rings. The molecule has 0 saturated carbocycles. The van der Waals surface area contributed by atoms with Gasteiger partial charge in [-0.2, -0.15) is 0 Å². The van der Waals surface area contributed by atoms with Gasteiger partial charge in [0.25, 0.3) is 5.91 Å². The number of carbonyl (C=O) groups is 2. The molecule has 3 aromatic rings. The van der Waals surface area contributed by atoms with E-state index in [-0.39, 0.29) is 11.8 Å². The molecule has 2 amide bonds. The van der Waals surface area contributed by atoms with Crippen LogP contribution >= 0.6 is 0 Å². The van der Waals surface area contributed by atoms with Crippen LogP contribution in [0.25, 0.3) is 11.1 Å². The second-order valence-corrected chi connectivity index (χ2v) is 7.90. The first-order valence-corrected chi connectivity index (χ1v) is 10.2. The highest BCUT2D eigenvalue weighted by Crippen LogP contribution is 2.29. The van der Waals surface area contributed by atoms with Crippen LogP contribution in [-0.2, 0) is 4.79 Å². The van der Waals surface area contributed by atoms with E-state index in [0.717, 1.165) is 42.9 Å². The maximum Gasteiger partial charge on any atom is 0.253 e. The van der Waals surface area contributed by atoms with Crippen LogP contribution in [0.1, 0.15) is 35.0 Å². The average molecular weight is 406 g/mol. The van der Waals surface area contributed by atoms with Crippen LogP contribution in [0, 0.1) is 0 Å². The van der Waals surface area contributed by atoms with E-state index >= 15 is 0 Å². The summed E-state index contributed by atoms with van der Waals surface area (Å²) in [4.78, 5) is 32.7. The molecule has 1 aromatic heterocycles. The molecule has 30 heavy (non-hydrogen) atoms. The Morgan fingerprint density at radius 3 is 2.47 bits per heavy atom. The Kier molecular flexibility index (Phi) is 5.81. The summed E-state index contributed by atoms with van der Waals surface area (Å²) in [5, 5.41) is 2.91. The van der Waals surface area contributed by atoms with Gasteiger partial charge in [-0.3, -0.25) is 14.5 Å². The molecule has 1 saturated heterocycles. The van der Waals surface area contributed by atoms with Crippen molar-refractivity contribution in [3.8, 4) is 0 Å². The third-order valence-electron chi connectivity index (χ3n) is 5.44. The molecule has 7 heteroatoms. The summed E-state index contributed by atoms with van der Waals surface area (Å²) in [6.07, 6.45) is 1.84. The van der Waals surface area contributed by atoms with E-state index in [1.807, 2.05) is 24.3 Å². The van der Waals surface area contributed by atoms with Gasteiger partial charge in [0.1, 0.15) is 5.52 Å². The fraction of sp³-hybridized carbons (Fsp3) is 0.348. The van der Waals surface area contributed by atoms with Crippen molar-refractivity contribution in [2.24, 2.45) is 0 Å². The lowest BCUT2D eigenvalue weighted by molar-refractivity contribution is -0.117. The third-order valence-corrected chi connectivity index (χ3v) is 5.44. The van der Waals surface area contributed by atoms with E-state index in [0.29, 0.717) is 23.7 Å². The second-order valence-electron chi connectivity index (χ2n) is 7.90. The van der Waals surface area contributed by atoms with Crippen LogP contribution in [0.5, 0.6) is 0 Å². The van der Waals surface area contributed by atoms with Crippen LogP contribution in [0.4, 0.5) is 5.69 Å². The molecular formula is C23H26N4O3. The highest BCUT2D eigenvalue weighted by molar-refractivity contribution is 5.96. The third kappa shape index (κ3) is 4.52. The molecule has 0 aliphatic carbocycles. The molecule has 2 aromatic carbocycles. The fourth-order valence-corrected chi connectivity index (χ4v) is 3.76. The van der Waals surface area contributed by atoms with E-state index in [9.17, 15) is 9.59 Å². The molecule has 1 aliphatic heterocycles. The zero-order chi connectivity index (χ0) is 21.1. The molecule has 2 heterocycles. The van der Waals surface area contributed by atoms with E-state index < -0.39 is 0 Å². The molecule has 0 spiro atoms. The topological polar surface area (TPSA) is 78.7 Å². The minimum atomic E-state index is -0.0605. The number of aromatic nitrogens is 1.